The summed E-state index contributed by atoms with van der Waals surface area (Å²) in [6, 6.07) is 4.78. The van der Waals surface area contributed by atoms with E-state index < -0.39 is 21.3 Å². The van der Waals surface area contributed by atoms with Crippen LogP contribution in [0.4, 0.5) is 15.8 Å². The lowest BCUT2D eigenvalue weighted by molar-refractivity contribution is -0.136. The maximum absolute atomic E-state index is 15.6. The summed E-state index contributed by atoms with van der Waals surface area (Å²) in [5.74, 6) is -0.482. The molecule has 0 radical (unpaired) electrons. The minimum Gasteiger partial charge on any atom is -0.475 e. The van der Waals surface area contributed by atoms with E-state index in [1.165, 1.54) is 18.3 Å². The molecule has 2 aromatic heterocycles. The average molecular weight is 586 g/mol. The lowest BCUT2D eigenvalue weighted by Gasteiger charge is -2.44. The van der Waals surface area contributed by atoms with Crippen molar-refractivity contribution in [2.75, 3.05) is 36.1 Å². The van der Waals surface area contributed by atoms with Crippen molar-refractivity contribution in [1.82, 2.24) is 15.3 Å². The summed E-state index contributed by atoms with van der Waals surface area (Å²) < 4.78 is 53.9. The molecule has 1 aliphatic heterocycles. The van der Waals surface area contributed by atoms with Gasteiger partial charge in [0.05, 0.1) is 41.3 Å². The van der Waals surface area contributed by atoms with Gasteiger partial charge in [0.2, 0.25) is 21.8 Å². The summed E-state index contributed by atoms with van der Waals surface area (Å²) in [6.07, 6.45) is 5.17. The Morgan fingerprint density at radius 1 is 1.15 bits per heavy atom. The highest BCUT2D eigenvalue weighted by atomic mass is 32.2. The third-order valence-electron chi connectivity index (χ3n) is 7.46. The lowest BCUT2D eigenvalue weighted by atomic mass is 9.62. The Morgan fingerprint density at radius 2 is 1.88 bits per heavy atom. The molecular weight excluding hydrogens is 549 g/mol. The fourth-order valence-corrected chi connectivity index (χ4v) is 6.32. The number of nitrogens with one attached hydrogen (secondary N) is 2. The molecule has 3 aromatic rings. The number of ether oxygens (including phenoxy) is 2. The number of fused-ring (bicyclic) bond motifs is 4. The second-order valence-corrected chi connectivity index (χ2v) is 13.2. The SMILES string of the molecule is CC(C)NCCOc1ncc(-c2cc3c(cc2F)ncc2c3[C@]3(C[C@H](OC(C)C)C3)C(=O)N2C)cc1NS(C)(=O)=O. The van der Waals surface area contributed by atoms with Crippen LogP contribution in [0.15, 0.2) is 30.6 Å². The second-order valence-electron chi connectivity index (χ2n) is 11.4. The topological polar surface area (TPSA) is 123 Å². The number of hydrogen-bond acceptors (Lipinski definition) is 8. The molecule has 220 valence electrons. The molecule has 2 N–H and O–H groups in total. The van der Waals surface area contributed by atoms with Crippen LogP contribution in [0.5, 0.6) is 5.88 Å². The summed E-state index contributed by atoms with van der Waals surface area (Å²) in [4.78, 5) is 23.9. The number of anilines is 2. The van der Waals surface area contributed by atoms with Gasteiger partial charge < -0.3 is 19.7 Å². The Morgan fingerprint density at radius 3 is 2.54 bits per heavy atom. The molecule has 0 bridgehead atoms. The molecule has 2 aliphatic rings. The molecular formula is C29H36FN5O5S. The van der Waals surface area contributed by atoms with Crippen molar-refractivity contribution in [2.45, 2.75) is 64.2 Å². The van der Waals surface area contributed by atoms with E-state index in [9.17, 15) is 13.2 Å². The van der Waals surface area contributed by atoms with Crippen LogP contribution in [-0.4, -0.2) is 69.0 Å². The fourth-order valence-electron chi connectivity index (χ4n) is 5.78. The average Bonchev–Trinajstić information content (AvgIpc) is 3.08. The van der Waals surface area contributed by atoms with Crippen LogP contribution in [-0.2, 0) is 25.0 Å². The number of aromatic nitrogens is 2. The van der Waals surface area contributed by atoms with Gasteiger partial charge in [-0.05, 0) is 38.8 Å². The van der Waals surface area contributed by atoms with Gasteiger partial charge >= 0.3 is 0 Å². The van der Waals surface area contributed by atoms with Gasteiger partial charge in [0.1, 0.15) is 18.1 Å². The number of likely N-dealkylation sites (N-methyl/N-ethyl adjacent to an activating group) is 1. The largest absolute Gasteiger partial charge is 0.475 e. The maximum atomic E-state index is 15.6. The van der Waals surface area contributed by atoms with Crippen LogP contribution in [0.1, 0.15) is 46.1 Å². The van der Waals surface area contributed by atoms with Gasteiger partial charge in [-0.25, -0.2) is 17.8 Å². The zero-order valence-corrected chi connectivity index (χ0v) is 24.9. The summed E-state index contributed by atoms with van der Waals surface area (Å²) >= 11 is 0. The number of hydrogen-bond donors (Lipinski definition) is 2. The van der Waals surface area contributed by atoms with E-state index in [1.54, 1.807) is 24.2 Å². The van der Waals surface area contributed by atoms with Crippen LogP contribution in [0.3, 0.4) is 0 Å². The molecule has 10 nitrogen and oxygen atoms in total. The molecule has 1 aromatic carbocycles. The molecule has 5 rings (SSSR count). The van der Waals surface area contributed by atoms with E-state index in [-0.39, 0.29) is 47.9 Å². The first kappa shape index (κ1) is 29.2. The standard InChI is InChI=1S/C29H36FN5O5S/c1-16(2)31-7-8-39-27-24(34-41(6,37)38)9-18(14-33-27)20-10-21-23(11-22(20)30)32-15-25-26(21)29(28(36)35(25)5)12-19(13-29)40-17(3)4/h9-11,14-17,19,31,34H,7-8,12-13H2,1-6H3/t19-,29+. The lowest BCUT2D eigenvalue weighted by Crippen LogP contribution is -2.52. The van der Waals surface area contributed by atoms with Gasteiger partial charge in [-0.2, -0.15) is 0 Å². The van der Waals surface area contributed by atoms with Gasteiger partial charge in [0.15, 0.2) is 0 Å². The molecule has 12 heteroatoms. The van der Waals surface area contributed by atoms with E-state index in [0.29, 0.717) is 41.5 Å². The molecule has 1 fully saturated rings. The normalized spacial score (nSPS) is 20.3. The summed E-state index contributed by atoms with van der Waals surface area (Å²) in [5.41, 5.74) is 1.84. The van der Waals surface area contributed by atoms with E-state index in [4.69, 9.17) is 9.47 Å². The number of rotatable bonds is 10. The molecule has 3 heterocycles. The first-order chi connectivity index (χ1) is 19.3. The van der Waals surface area contributed by atoms with Crippen LogP contribution in [0.25, 0.3) is 22.0 Å². The highest BCUT2D eigenvalue weighted by Crippen LogP contribution is 2.56. The number of pyridine rings is 2. The van der Waals surface area contributed by atoms with Crippen molar-refractivity contribution in [3.63, 3.8) is 0 Å². The van der Waals surface area contributed by atoms with Crippen molar-refractivity contribution >= 4 is 38.2 Å². The quantitative estimate of drug-likeness (QED) is 0.343. The highest BCUT2D eigenvalue weighted by Gasteiger charge is 2.59. The van der Waals surface area contributed by atoms with Crippen molar-refractivity contribution < 1.29 is 27.1 Å². The van der Waals surface area contributed by atoms with E-state index >= 15 is 4.39 Å². The Labute approximate surface area is 239 Å². The third-order valence-corrected chi connectivity index (χ3v) is 8.05. The van der Waals surface area contributed by atoms with Gasteiger partial charge in [-0.15, -0.1) is 0 Å². The molecule has 0 unspecified atom stereocenters. The van der Waals surface area contributed by atoms with Crippen molar-refractivity contribution in [1.29, 1.82) is 0 Å². The molecule has 1 aliphatic carbocycles. The fraction of sp³-hybridized carbons (Fsp3) is 0.483. The molecule has 1 saturated carbocycles. The second kappa shape index (κ2) is 10.8. The van der Waals surface area contributed by atoms with Crippen molar-refractivity contribution in [2.24, 2.45) is 0 Å². The van der Waals surface area contributed by atoms with Crippen LogP contribution < -0.4 is 19.7 Å². The van der Waals surface area contributed by atoms with E-state index in [1.807, 2.05) is 27.7 Å². The predicted molar refractivity (Wildman–Crippen MR) is 156 cm³/mol. The van der Waals surface area contributed by atoms with Crippen molar-refractivity contribution in [3.8, 4) is 17.0 Å². The van der Waals surface area contributed by atoms with Crippen molar-refractivity contribution in [3.05, 3.63) is 42.0 Å². The molecule has 0 saturated heterocycles. The van der Waals surface area contributed by atoms with Crippen LogP contribution in [0.2, 0.25) is 0 Å². The number of sulfonamides is 1. The zero-order chi connectivity index (χ0) is 29.7. The van der Waals surface area contributed by atoms with Crippen LogP contribution in [0, 0.1) is 5.82 Å². The van der Waals surface area contributed by atoms with Gasteiger partial charge in [0, 0.05) is 54.0 Å². The number of carbonyl (C=O) groups excluding carboxylic acids is 1. The number of benzene rings is 1. The zero-order valence-electron chi connectivity index (χ0n) is 24.1. The smallest absolute Gasteiger partial charge is 0.238 e. The number of carbonyl (C=O) groups is 1. The summed E-state index contributed by atoms with van der Waals surface area (Å²) in [5, 5.41) is 3.88. The maximum Gasteiger partial charge on any atom is 0.238 e. The van der Waals surface area contributed by atoms with Gasteiger partial charge in [0.25, 0.3) is 0 Å². The molecule has 41 heavy (non-hydrogen) atoms. The van der Waals surface area contributed by atoms with E-state index in [2.05, 4.69) is 20.0 Å². The first-order valence-electron chi connectivity index (χ1n) is 13.7. The summed E-state index contributed by atoms with van der Waals surface area (Å²) in [6.45, 7) is 8.74. The van der Waals surface area contributed by atoms with Gasteiger partial charge in [-0.3, -0.25) is 14.5 Å². The predicted octanol–water partition coefficient (Wildman–Crippen LogP) is 3.99. The Balaban J connectivity index is 1.57. The minimum atomic E-state index is -3.68. The third kappa shape index (κ3) is 5.60. The summed E-state index contributed by atoms with van der Waals surface area (Å²) in [7, 11) is -1.95. The number of halogens is 1. The molecule has 1 spiro atoms. The first-order valence-corrected chi connectivity index (χ1v) is 15.6. The monoisotopic (exact) mass is 585 g/mol. The minimum absolute atomic E-state index is 0.0222. The van der Waals surface area contributed by atoms with E-state index in [0.717, 1.165) is 11.8 Å². The Bertz CT molecular complexity index is 1600. The molecule has 1 amide bonds. The number of nitrogens with zero attached hydrogens (tertiary/aromatic N) is 3. The van der Waals surface area contributed by atoms with Gasteiger partial charge in [-0.1, -0.05) is 13.8 Å². The Kier molecular flexibility index (Phi) is 7.68. The van der Waals surface area contributed by atoms with Crippen LogP contribution >= 0.6 is 0 Å². The number of amides is 1. The highest BCUT2D eigenvalue weighted by molar-refractivity contribution is 7.92. The Hall–Kier alpha value is -3.35. The molecule has 0 atom stereocenters.